The highest BCUT2D eigenvalue weighted by molar-refractivity contribution is 9.09. The molecule has 2 heterocycles. The number of nitrogens with zero attached hydrogens (tertiary/aromatic N) is 1. The first-order valence-electron chi connectivity index (χ1n) is 11.1. The molecule has 0 unspecified atom stereocenters. The Balaban J connectivity index is 1.70. The molecule has 0 saturated carbocycles. The lowest BCUT2D eigenvalue weighted by Crippen LogP contribution is -2.45. The van der Waals surface area contributed by atoms with E-state index < -0.39 is 6.09 Å². The molecule has 2 amide bonds. The first kappa shape index (κ1) is 23.8. The smallest absolute Gasteiger partial charge is 0.416 e. The number of carbonyl (C=O) groups is 3. The van der Waals surface area contributed by atoms with Crippen LogP contribution in [0.3, 0.4) is 0 Å². The summed E-state index contributed by atoms with van der Waals surface area (Å²) < 4.78 is 10.8. The molecule has 170 valence electrons. The molecule has 0 N–H and O–H groups in total. The van der Waals surface area contributed by atoms with Crippen LogP contribution in [0.1, 0.15) is 46.1 Å². The topological polar surface area (TPSA) is 72.9 Å². The monoisotopic (exact) mass is 493 g/mol. The Morgan fingerprint density at radius 1 is 1.16 bits per heavy atom. The Hall–Kier alpha value is -1.89. The van der Waals surface area contributed by atoms with Gasteiger partial charge in [0, 0.05) is 5.92 Å². The van der Waals surface area contributed by atoms with E-state index in [9.17, 15) is 14.4 Å². The number of imide groups is 1. The minimum absolute atomic E-state index is 0.0244. The maximum absolute atomic E-state index is 13.5. The summed E-state index contributed by atoms with van der Waals surface area (Å²) in [5.74, 6) is -0.628. The number of benzene rings is 1. The summed E-state index contributed by atoms with van der Waals surface area (Å²) in [6, 6.07) is 9.48. The van der Waals surface area contributed by atoms with Crippen molar-refractivity contribution in [3.63, 3.8) is 0 Å². The Bertz CT molecular complexity index is 796. The van der Waals surface area contributed by atoms with Gasteiger partial charge >= 0.3 is 12.1 Å². The molecule has 3 rings (SSSR count). The lowest BCUT2D eigenvalue weighted by Gasteiger charge is -2.29. The van der Waals surface area contributed by atoms with E-state index in [2.05, 4.69) is 15.9 Å². The normalized spacial score (nSPS) is 25.6. The zero-order chi connectivity index (χ0) is 22.7. The van der Waals surface area contributed by atoms with Gasteiger partial charge in [-0.05, 0) is 36.7 Å². The number of ether oxygens (including phenoxy) is 2. The van der Waals surface area contributed by atoms with Gasteiger partial charge in [0.05, 0.1) is 16.8 Å². The van der Waals surface area contributed by atoms with Gasteiger partial charge in [-0.1, -0.05) is 74.0 Å². The van der Waals surface area contributed by atoms with E-state index in [4.69, 9.17) is 9.47 Å². The number of hydrogen-bond donors (Lipinski definition) is 0. The van der Waals surface area contributed by atoms with Gasteiger partial charge in [-0.2, -0.15) is 0 Å². The van der Waals surface area contributed by atoms with E-state index in [1.165, 1.54) is 4.90 Å². The van der Waals surface area contributed by atoms with Crippen LogP contribution in [-0.4, -0.2) is 46.4 Å². The number of halogens is 1. The molecule has 0 aromatic heterocycles. The van der Waals surface area contributed by atoms with Crippen LogP contribution in [0.25, 0.3) is 0 Å². The molecule has 2 aliphatic rings. The maximum Gasteiger partial charge on any atom is 0.416 e. The van der Waals surface area contributed by atoms with Gasteiger partial charge in [0.1, 0.15) is 12.7 Å². The number of amides is 2. The summed E-state index contributed by atoms with van der Waals surface area (Å²) in [4.78, 5) is 39.3. The molecule has 0 bridgehead atoms. The fourth-order valence-electron chi connectivity index (χ4n) is 4.40. The number of cyclic esters (lactones) is 2. The SMILES string of the molecule is CC(C)[C@@H]1C[C@@H]([C@H](Br)C[C@H](C(=O)N2C(=O)OC[C@@H]2Cc2ccccc2)C(C)C)OC1=O. The summed E-state index contributed by atoms with van der Waals surface area (Å²) >= 11 is 3.67. The van der Waals surface area contributed by atoms with Crippen molar-refractivity contribution in [1.29, 1.82) is 0 Å². The van der Waals surface area contributed by atoms with Crippen LogP contribution < -0.4 is 0 Å². The summed E-state index contributed by atoms with van der Waals surface area (Å²) in [5, 5.41) is 0. The van der Waals surface area contributed by atoms with Crippen LogP contribution in [0, 0.1) is 23.7 Å². The Kier molecular flexibility index (Phi) is 7.78. The standard InChI is InChI=1S/C24H32BrNO5/c1-14(2)18(11-20(25)21-12-19(15(3)4)23(28)31-21)22(27)26-17(13-30-24(26)29)10-16-8-6-5-7-9-16/h5-9,14-15,17-21H,10-13H2,1-4H3/t17-,18-,19-,20+,21-/m0/s1. The molecular weight excluding hydrogens is 462 g/mol. The van der Waals surface area contributed by atoms with Crippen LogP contribution in [0.5, 0.6) is 0 Å². The van der Waals surface area contributed by atoms with Gasteiger partial charge in [0.15, 0.2) is 0 Å². The summed E-state index contributed by atoms with van der Waals surface area (Å²) in [6.07, 6.45) is 0.862. The number of esters is 1. The van der Waals surface area contributed by atoms with E-state index in [1.54, 1.807) is 0 Å². The Morgan fingerprint density at radius 3 is 2.42 bits per heavy atom. The van der Waals surface area contributed by atoms with Crippen molar-refractivity contribution in [3.05, 3.63) is 35.9 Å². The summed E-state index contributed by atoms with van der Waals surface area (Å²) in [7, 11) is 0. The second kappa shape index (κ2) is 10.2. The van der Waals surface area contributed by atoms with Gasteiger partial charge in [0.25, 0.3) is 0 Å². The van der Waals surface area contributed by atoms with Crippen molar-refractivity contribution in [2.45, 2.75) is 63.9 Å². The molecule has 1 aromatic rings. The van der Waals surface area contributed by atoms with Crippen molar-refractivity contribution >= 4 is 33.9 Å². The fraction of sp³-hybridized carbons (Fsp3) is 0.625. The predicted octanol–water partition coefficient (Wildman–Crippen LogP) is 4.59. The Morgan fingerprint density at radius 2 is 1.84 bits per heavy atom. The highest BCUT2D eigenvalue weighted by Gasteiger charge is 2.44. The van der Waals surface area contributed by atoms with Gasteiger partial charge < -0.3 is 9.47 Å². The van der Waals surface area contributed by atoms with Crippen LogP contribution in [0.15, 0.2) is 30.3 Å². The van der Waals surface area contributed by atoms with E-state index >= 15 is 0 Å². The molecule has 31 heavy (non-hydrogen) atoms. The third-order valence-corrected chi connectivity index (χ3v) is 7.34. The predicted molar refractivity (Wildman–Crippen MR) is 121 cm³/mol. The van der Waals surface area contributed by atoms with E-state index in [0.717, 1.165) is 5.56 Å². The van der Waals surface area contributed by atoms with Crippen molar-refractivity contribution in [2.75, 3.05) is 6.61 Å². The van der Waals surface area contributed by atoms with Gasteiger partial charge in [-0.25, -0.2) is 9.69 Å². The minimum Gasteiger partial charge on any atom is -0.461 e. The van der Waals surface area contributed by atoms with Gasteiger partial charge in [-0.15, -0.1) is 0 Å². The van der Waals surface area contributed by atoms with Crippen LogP contribution in [0.4, 0.5) is 4.79 Å². The van der Waals surface area contributed by atoms with Crippen LogP contribution >= 0.6 is 15.9 Å². The highest BCUT2D eigenvalue weighted by atomic mass is 79.9. The molecular formula is C24H32BrNO5. The lowest BCUT2D eigenvalue weighted by molar-refractivity contribution is -0.145. The Labute approximate surface area is 192 Å². The molecule has 0 aliphatic carbocycles. The number of rotatable bonds is 8. The van der Waals surface area contributed by atoms with Crippen molar-refractivity contribution in [3.8, 4) is 0 Å². The number of carbonyl (C=O) groups excluding carboxylic acids is 3. The van der Waals surface area contributed by atoms with Crippen molar-refractivity contribution < 1.29 is 23.9 Å². The van der Waals surface area contributed by atoms with Crippen molar-refractivity contribution in [2.24, 2.45) is 23.7 Å². The second-order valence-electron chi connectivity index (χ2n) is 9.29. The van der Waals surface area contributed by atoms with Crippen LogP contribution in [0.2, 0.25) is 0 Å². The molecule has 0 radical (unpaired) electrons. The number of hydrogen-bond acceptors (Lipinski definition) is 5. The third kappa shape index (κ3) is 5.48. The first-order valence-corrected chi connectivity index (χ1v) is 12.0. The summed E-state index contributed by atoms with van der Waals surface area (Å²) in [6.45, 7) is 8.20. The van der Waals surface area contributed by atoms with Gasteiger partial charge in [0.2, 0.25) is 5.91 Å². The average Bonchev–Trinajstić information content (AvgIpc) is 3.29. The first-order chi connectivity index (χ1) is 14.7. The molecule has 6 nitrogen and oxygen atoms in total. The molecule has 0 spiro atoms. The second-order valence-corrected chi connectivity index (χ2v) is 10.5. The zero-order valence-corrected chi connectivity index (χ0v) is 20.2. The summed E-state index contributed by atoms with van der Waals surface area (Å²) in [5.41, 5.74) is 1.06. The van der Waals surface area contributed by atoms with E-state index in [1.807, 2.05) is 58.0 Å². The lowest BCUT2D eigenvalue weighted by atomic mass is 9.86. The molecule has 2 saturated heterocycles. The highest BCUT2D eigenvalue weighted by Crippen LogP contribution is 2.36. The number of alkyl halides is 1. The van der Waals surface area contributed by atoms with Gasteiger partial charge in [-0.3, -0.25) is 9.59 Å². The fourth-order valence-corrected chi connectivity index (χ4v) is 5.12. The zero-order valence-electron chi connectivity index (χ0n) is 18.6. The molecule has 2 fully saturated rings. The van der Waals surface area contributed by atoms with Crippen molar-refractivity contribution in [1.82, 2.24) is 4.90 Å². The maximum atomic E-state index is 13.5. The molecule has 1 aromatic carbocycles. The molecule has 5 atom stereocenters. The molecule has 2 aliphatic heterocycles. The largest absolute Gasteiger partial charge is 0.461 e. The third-order valence-electron chi connectivity index (χ3n) is 6.38. The molecule has 7 heteroatoms. The average molecular weight is 494 g/mol. The van der Waals surface area contributed by atoms with E-state index in [0.29, 0.717) is 19.3 Å². The quantitative estimate of drug-likeness (QED) is 0.391. The van der Waals surface area contributed by atoms with Crippen LogP contribution in [-0.2, 0) is 25.5 Å². The minimum atomic E-state index is -0.574. The van der Waals surface area contributed by atoms with E-state index in [-0.39, 0.29) is 59.1 Å².